The largest absolute Gasteiger partial charge is 0.493 e. The number of para-hydroxylation sites is 1. The molecule has 0 unspecified atom stereocenters. The molecule has 3 aromatic heterocycles. The molecule has 172 valence electrons. The number of nitrogens with one attached hydrogen (secondary N) is 2. The van der Waals surface area contributed by atoms with Crippen LogP contribution in [0, 0.1) is 0 Å². The van der Waals surface area contributed by atoms with Crippen LogP contribution in [0.5, 0.6) is 17.4 Å². The number of carbonyl (C=O) groups excluding carboxylic acids is 1. The Morgan fingerprint density at radius 2 is 1.88 bits per heavy atom. The van der Waals surface area contributed by atoms with E-state index in [0.717, 1.165) is 16.5 Å². The van der Waals surface area contributed by atoms with E-state index < -0.39 is 0 Å². The van der Waals surface area contributed by atoms with E-state index in [1.807, 2.05) is 36.4 Å². The summed E-state index contributed by atoms with van der Waals surface area (Å²) >= 11 is 0. The zero-order valence-corrected chi connectivity index (χ0v) is 18.6. The summed E-state index contributed by atoms with van der Waals surface area (Å²) in [6, 6.07) is 16.6. The number of nitrogens with zero attached hydrogens (tertiary/aromatic N) is 4. The molecule has 0 aliphatic carbocycles. The van der Waals surface area contributed by atoms with Crippen LogP contribution in [0.4, 0.5) is 0 Å². The van der Waals surface area contributed by atoms with Crippen LogP contribution in [0.3, 0.4) is 0 Å². The Hall–Kier alpha value is -4.60. The number of H-pyrrole nitrogens is 1. The quantitative estimate of drug-likeness (QED) is 0.343. The van der Waals surface area contributed by atoms with Gasteiger partial charge in [-0.1, -0.05) is 18.2 Å². The Labute approximate surface area is 194 Å². The maximum atomic E-state index is 12.5. The molecular weight excluding hydrogens is 436 g/mol. The Bertz CT molecular complexity index is 1480. The molecule has 0 spiro atoms. The first kappa shape index (κ1) is 21.3. The van der Waals surface area contributed by atoms with Crippen molar-refractivity contribution in [3.63, 3.8) is 0 Å². The number of benzene rings is 2. The third-order valence-electron chi connectivity index (χ3n) is 5.35. The number of aromatic amines is 1. The van der Waals surface area contributed by atoms with Crippen molar-refractivity contribution in [1.82, 2.24) is 30.1 Å². The first-order chi connectivity index (χ1) is 16.7. The standard InChI is InChI=1S/C24H22N6O4/c1-32-19-8-7-15(13-20(19)33-2)23-28-27-21-9-10-22(29-30(21)23)34-12-11-25-24(31)17-14-26-18-6-4-3-5-16(17)18/h3-10,13-14,26H,11-12H2,1-2H3,(H,25,31). The number of hydrogen-bond donors (Lipinski definition) is 2. The van der Waals surface area contributed by atoms with Crippen molar-refractivity contribution < 1.29 is 19.0 Å². The van der Waals surface area contributed by atoms with E-state index in [1.165, 1.54) is 0 Å². The monoisotopic (exact) mass is 458 g/mol. The minimum absolute atomic E-state index is 0.168. The zero-order valence-electron chi connectivity index (χ0n) is 18.6. The van der Waals surface area contributed by atoms with Gasteiger partial charge in [-0.15, -0.1) is 15.3 Å². The highest BCUT2D eigenvalue weighted by Gasteiger charge is 2.14. The van der Waals surface area contributed by atoms with Crippen molar-refractivity contribution in [2.24, 2.45) is 0 Å². The van der Waals surface area contributed by atoms with E-state index in [0.29, 0.717) is 41.0 Å². The highest BCUT2D eigenvalue weighted by atomic mass is 16.5. The smallest absolute Gasteiger partial charge is 0.253 e. The molecule has 2 N–H and O–H groups in total. The van der Waals surface area contributed by atoms with E-state index >= 15 is 0 Å². The number of amides is 1. The average Bonchev–Trinajstić information content (AvgIpc) is 3.50. The van der Waals surface area contributed by atoms with E-state index in [2.05, 4.69) is 25.6 Å². The fourth-order valence-corrected chi connectivity index (χ4v) is 3.68. The molecule has 0 fully saturated rings. The van der Waals surface area contributed by atoms with Crippen molar-refractivity contribution >= 4 is 22.5 Å². The summed E-state index contributed by atoms with van der Waals surface area (Å²) in [4.78, 5) is 15.6. The fraction of sp³-hybridized carbons (Fsp3) is 0.167. The Morgan fingerprint density at radius 3 is 2.74 bits per heavy atom. The molecule has 0 atom stereocenters. The molecule has 0 bridgehead atoms. The van der Waals surface area contributed by atoms with E-state index in [1.54, 1.807) is 43.1 Å². The molecule has 0 saturated heterocycles. The van der Waals surface area contributed by atoms with Crippen LogP contribution < -0.4 is 19.5 Å². The predicted molar refractivity (Wildman–Crippen MR) is 125 cm³/mol. The second-order valence-electron chi connectivity index (χ2n) is 7.39. The van der Waals surface area contributed by atoms with Crippen LogP contribution in [0.2, 0.25) is 0 Å². The van der Waals surface area contributed by atoms with Gasteiger partial charge in [0.25, 0.3) is 5.91 Å². The average molecular weight is 458 g/mol. The molecule has 0 radical (unpaired) electrons. The van der Waals surface area contributed by atoms with Crippen molar-refractivity contribution in [3.05, 3.63) is 66.4 Å². The number of rotatable bonds is 8. The molecule has 0 saturated carbocycles. The van der Waals surface area contributed by atoms with Gasteiger partial charge in [0.15, 0.2) is 23.0 Å². The molecule has 5 rings (SSSR count). The first-order valence-corrected chi connectivity index (χ1v) is 10.6. The molecule has 1 amide bonds. The summed E-state index contributed by atoms with van der Waals surface area (Å²) < 4.78 is 18.0. The molecule has 0 aliphatic heterocycles. The molecular formula is C24H22N6O4. The van der Waals surface area contributed by atoms with Gasteiger partial charge in [-0.3, -0.25) is 4.79 Å². The minimum Gasteiger partial charge on any atom is -0.493 e. The third-order valence-corrected chi connectivity index (χ3v) is 5.35. The summed E-state index contributed by atoms with van der Waals surface area (Å²) in [5.74, 6) is 1.95. The summed E-state index contributed by atoms with van der Waals surface area (Å²) in [5, 5.41) is 16.7. The lowest BCUT2D eigenvalue weighted by Crippen LogP contribution is -2.28. The van der Waals surface area contributed by atoms with Gasteiger partial charge in [-0.25, -0.2) is 0 Å². The van der Waals surface area contributed by atoms with Crippen LogP contribution in [-0.4, -0.2) is 58.1 Å². The normalized spacial score (nSPS) is 11.0. The molecule has 3 heterocycles. The highest BCUT2D eigenvalue weighted by Crippen LogP contribution is 2.31. The number of ether oxygens (including phenoxy) is 3. The summed E-state index contributed by atoms with van der Waals surface area (Å²) in [7, 11) is 3.16. The van der Waals surface area contributed by atoms with Gasteiger partial charge in [-0.05, 0) is 30.3 Å². The van der Waals surface area contributed by atoms with Crippen LogP contribution in [-0.2, 0) is 0 Å². The van der Waals surface area contributed by atoms with Crippen molar-refractivity contribution in [2.45, 2.75) is 0 Å². The van der Waals surface area contributed by atoms with E-state index in [9.17, 15) is 4.79 Å². The Balaban J connectivity index is 1.26. The van der Waals surface area contributed by atoms with Crippen molar-refractivity contribution in [2.75, 3.05) is 27.4 Å². The number of carbonyl (C=O) groups is 1. The minimum atomic E-state index is -0.168. The summed E-state index contributed by atoms with van der Waals surface area (Å²) in [6.07, 6.45) is 1.71. The van der Waals surface area contributed by atoms with Gasteiger partial charge >= 0.3 is 0 Å². The van der Waals surface area contributed by atoms with Crippen molar-refractivity contribution in [1.29, 1.82) is 0 Å². The molecule has 2 aromatic carbocycles. The maximum Gasteiger partial charge on any atom is 0.253 e. The van der Waals surface area contributed by atoms with Crippen LogP contribution in [0.1, 0.15) is 10.4 Å². The molecule has 34 heavy (non-hydrogen) atoms. The van der Waals surface area contributed by atoms with Gasteiger partial charge in [0.2, 0.25) is 5.88 Å². The van der Waals surface area contributed by atoms with Gasteiger partial charge in [-0.2, -0.15) is 4.52 Å². The summed E-state index contributed by atoms with van der Waals surface area (Å²) in [5.41, 5.74) is 2.85. The van der Waals surface area contributed by atoms with Crippen LogP contribution in [0.15, 0.2) is 60.8 Å². The first-order valence-electron chi connectivity index (χ1n) is 10.6. The second kappa shape index (κ2) is 9.10. The lowest BCUT2D eigenvalue weighted by molar-refractivity contribution is 0.0948. The van der Waals surface area contributed by atoms with Gasteiger partial charge in [0, 0.05) is 28.7 Å². The summed E-state index contributed by atoms with van der Waals surface area (Å²) in [6.45, 7) is 0.573. The Morgan fingerprint density at radius 1 is 1.03 bits per heavy atom. The molecule has 5 aromatic rings. The van der Waals surface area contributed by atoms with E-state index in [4.69, 9.17) is 14.2 Å². The second-order valence-corrected chi connectivity index (χ2v) is 7.39. The van der Waals surface area contributed by atoms with Crippen LogP contribution >= 0.6 is 0 Å². The molecule has 10 heteroatoms. The molecule has 10 nitrogen and oxygen atoms in total. The fourth-order valence-electron chi connectivity index (χ4n) is 3.68. The SMILES string of the molecule is COc1ccc(-c2nnc3ccc(OCCNC(=O)c4c[nH]c5ccccc45)nn23)cc1OC. The number of hydrogen-bond acceptors (Lipinski definition) is 7. The van der Waals surface area contributed by atoms with Crippen molar-refractivity contribution in [3.8, 4) is 28.8 Å². The van der Waals surface area contributed by atoms with Gasteiger partial charge in [0.05, 0.1) is 26.3 Å². The lowest BCUT2D eigenvalue weighted by atomic mass is 10.1. The lowest BCUT2D eigenvalue weighted by Gasteiger charge is -2.09. The van der Waals surface area contributed by atoms with E-state index in [-0.39, 0.29) is 12.5 Å². The van der Waals surface area contributed by atoms with Gasteiger partial charge < -0.3 is 24.5 Å². The number of fused-ring (bicyclic) bond motifs is 2. The number of methoxy groups -OCH3 is 2. The Kier molecular flexibility index (Phi) is 5.69. The predicted octanol–water partition coefficient (Wildman–Crippen LogP) is 3.10. The highest BCUT2D eigenvalue weighted by molar-refractivity contribution is 6.06. The number of aromatic nitrogens is 5. The zero-order chi connectivity index (χ0) is 23.5. The topological polar surface area (TPSA) is 116 Å². The van der Waals surface area contributed by atoms with Gasteiger partial charge in [0.1, 0.15) is 6.61 Å². The molecule has 0 aliphatic rings. The van der Waals surface area contributed by atoms with Crippen LogP contribution in [0.25, 0.3) is 27.9 Å². The third kappa shape index (κ3) is 3.96. The maximum absolute atomic E-state index is 12.5.